The number of pyridine rings is 1. The molecule has 5 rings (SSSR count). The van der Waals surface area contributed by atoms with Gasteiger partial charge in [-0.25, -0.2) is 9.59 Å². The number of ether oxygens (including phenoxy) is 2. The Bertz CT molecular complexity index is 1710. The minimum atomic E-state index is -4.84. The highest BCUT2D eigenvalue weighted by Gasteiger charge is 2.40. The summed E-state index contributed by atoms with van der Waals surface area (Å²) in [6.45, 7) is 1.77. The number of benzene rings is 2. The Morgan fingerprint density at radius 3 is 2.51 bits per heavy atom. The molecule has 0 aliphatic carbocycles. The molecule has 10 heteroatoms. The molecule has 0 atom stereocenters. The van der Waals surface area contributed by atoms with Crippen molar-refractivity contribution in [3.05, 3.63) is 83.1 Å². The highest BCUT2D eigenvalue weighted by molar-refractivity contribution is 6.12. The average Bonchev–Trinajstić information content (AvgIpc) is 3.46. The van der Waals surface area contributed by atoms with Gasteiger partial charge in [0, 0.05) is 23.5 Å². The number of carbonyl (C=O) groups excluding carboxylic acids is 2. The lowest BCUT2D eigenvalue weighted by Gasteiger charge is -2.15. The molecule has 0 aliphatic heterocycles. The van der Waals surface area contributed by atoms with Gasteiger partial charge in [0.15, 0.2) is 11.3 Å². The van der Waals surface area contributed by atoms with Crippen LogP contribution >= 0.6 is 0 Å². The van der Waals surface area contributed by atoms with Gasteiger partial charge >= 0.3 is 12.1 Å². The van der Waals surface area contributed by atoms with Crippen molar-refractivity contribution in [2.24, 2.45) is 0 Å². The first-order chi connectivity index (χ1) is 17.8. The van der Waals surface area contributed by atoms with E-state index in [1.54, 1.807) is 42.0 Å². The van der Waals surface area contributed by atoms with Crippen molar-refractivity contribution in [1.82, 2.24) is 14.1 Å². The largest absolute Gasteiger partial charge is 0.497 e. The van der Waals surface area contributed by atoms with E-state index in [9.17, 15) is 22.8 Å². The van der Waals surface area contributed by atoms with Crippen molar-refractivity contribution in [3.63, 3.8) is 0 Å². The van der Waals surface area contributed by atoms with E-state index < -0.39 is 23.4 Å². The van der Waals surface area contributed by atoms with Crippen molar-refractivity contribution in [2.45, 2.75) is 19.6 Å². The number of alkyl halides is 3. The Hall–Kier alpha value is -4.56. The van der Waals surface area contributed by atoms with E-state index in [1.807, 2.05) is 18.1 Å². The van der Waals surface area contributed by atoms with Crippen molar-refractivity contribution in [2.75, 3.05) is 13.7 Å². The number of rotatable bonds is 6. The number of hydrogen-bond donors (Lipinski definition) is 0. The Labute approximate surface area is 208 Å². The van der Waals surface area contributed by atoms with E-state index in [4.69, 9.17) is 9.47 Å². The number of esters is 1. The molecule has 0 N–H and O–H groups in total. The summed E-state index contributed by atoms with van der Waals surface area (Å²) < 4.78 is 55.1. The minimum absolute atomic E-state index is 0.0608. The summed E-state index contributed by atoms with van der Waals surface area (Å²) in [4.78, 5) is 28.7. The van der Waals surface area contributed by atoms with Crippen LogP contribution in [0.15, 0.2) is 60.9 Å². The van der Waals surface area contributed by atoms with E-state index in [0.717, 1.165) is 16.2 Å². The Morgan fingerprint density at radius 2 is 1.86 bits per heavy atom. The molecule has 0 amide bonds. The lowest BCUT2D eigenvalue weighted by molar-refractivity contribution is -0.142. The van der Waals surface area contributed by atoms with Gasteiger partial charge in [0.1, 0.15) is 17.0 Å². The first-order valence-corrected chi connectivity index (χ1v) is 11.3. The lowest BCUT2D eigenvalue weighted by atomic mass is 10.1. The number of hydrogen-bond acceptors (Lipinski definition) is 5. The van der Waals surface area contributed by atoms with Crippen LogP contribution < -0.4 is 10.1 Å². The molecule has 0 saturated heterocycles. The van der Waals surface area contributed by atoms with Gasteiger partial charge in [0.25, 0.3) is 0 Å². The maximum absolute atomic E-state index is 14.2. The zero-order valence-electron chi connectivity index (χ0n) is 19.8. The summed E-state index contributed by atoms with van der Waals surface area (Å²) >= 11 is 0. The van der Waals surface area contributed by atoms with Gasteiger partial charge in [-0.3, -0.25) is 4.98 Å². The van der Waals surface area contributed by atoms with Crippen molar-refractivity contribution in [1.29, 1.82) is 0 Å². The Kier molecular flexibility index (Phi) is 5.97. The lowest BCUT2D eigenvalue weighted by Crippen LogP contribution is -2.19. The maximum Gasteiger partial charge on any atom is 0.432 e. The number of methoxy groups -OCH3 is 1. The first kappa shape index (κ1) is 24.1. The smallest absolute Gasteiger partial charge is 0.432 e. The molecule has 188 valence electrons. The zero-order chi connectivity index (χ0) is 26.3. The molecule has 2 aromatic carbocycles. The van der Waals surface area contributed by atoms with E-state index in [2.05, 4.69) is 4.98 Å². The van der Waals surface area contributed by atoms with Crippen LogP contribution in [0.4, 0.5) is 13.2 Å². The van der Waals surface area contributed by atoms with Gasteiger partial charge in [0.2, 0.25) is 0 Å². The summed E-state index contributed by atoms with van der Waals surface area (Å²) in [6.07, 6.45) is -2.41. The fraction of sp³-hybridized carbons (Fsp3) is 0.185. The van der Waals surface area contributed by atoms with Crippen LogP contribution in [0.1, 0.15) is 28.5 Å². The predicted molar refractivity (Wildman–Crippen MR) is 130 cm³/mol. The van der Waals surface area contributed by atoms with E-state index >= 15 is 0 Å². The number of aromatic nitrogens is 3. The van der Waals surface area contributed by atoms with Crippen molar-refractivity contribution < 1.29 is 32.2 Å². The maximum atomic E-state index is 14.2. The second-order valence-corrected chi connectivity index (χ2v) is 8.24. The normalized spacial score (nSPS) is 11.7. The van der Waals surface area contributed by atoms with E-state index in [1.165, 1.54) is 19.3 Å². The fourth-order valence-electron chi connectivity index (χ4n) is 4.58. The van der Waals surface area contributed by atoms with Gasteiger partial charge in [-0.2, -0.15) is 13.2 Å². The van der Waals surface area contributed by atoms with Gasteiger partial charge in [-0.05, 0) is 36.8 Å². The molecule has 7 nitrogen and oxygen atoms in total. The molecular formula is C27H20F3N3O4. The third-order valence-corrected chi connectivity index (χ3v) is 6.16. The first-order valence-electron chi connectivity index (χ1n) is 11.3. The summed E-state index contributed by atoms with van der Waals surface area (Å²) in [7, 11) is 1.56. The summed E-state index contributed by atoms with van der Waals surface area (Å²) in [5, 5.41) is 1.14. The minimum Gasteiger partial charge on any atom is -0.497 e. The standard InChI is InChI=1S/C27H20F3N3O4/c1-3-37-26(35)19-11-12-32(25(19)27(28,29)30)21-13-31-24-22(15-34)33(20-6-4-5-18(21)23(20)24)14-16-7-9-17(36-2)10-8-16/h4-13H,3,14H2,1-2H3. The topological polar surface area (TPSA) is 75.4 Å². The van der Waals surface area contributed by atoms with Crippen molar-refractivity contribution >= 4 is 33.7 Å². The van der Waals surface area contributed by atoms with Crippen LogP contribution in [0.5, 0.6) is 5.75 Å². The number of halogens is 3. The third kappa shape index (κ3) is 4.01. The molecule has 3 heterocycles. The van der Waals surface area contributed by atoms with Crippen LogP contribution in [0.3, 0.4) is 0 Å². The average molecular weight is 507 g/mol. The molecule has 0 saturated carbocycles. The predicted octanol–water partition coefficient (Wildman–Crippen LogP) is 4.45. The highest BCUT2D eigenvalue weighted by Crippen LogP contribution is 2.37. The number of carbonyl (C=O) groups is 1. The molecule has 0 bridgehead atoms. The van der Waals surface area contributed by atoms with Gasteiger partial charge in [0.05, 0.1) is 36.7 Å². The molecule has 5 aromatic rings. The summed E-state index contributed by atoms with van der Waals surface area (Å²) in [6, 6.07) is 13.5. The zero-order valence-corrected chi connectivity index (χ0v) is 19.8. The van der Waals surface area contributed by atoms with Crippen LogP contribution in [-0.4, -0.2) is 39.7 Å². The van der Waals surface area contributed by atoms with Gasteiger partial charge < -0.3 is 18.6 Å². The van der Waals surface area contributed by atoms with Crippen LogP contribution in [0.25, 0.3) is 27.5 Å². The van der Waals surface area contributed by atoms with Gasteiger partial charge in [-0.15, -0.1) is 0 Å². The monoisotopic (exact) mass is 507 g/mol. The Morgan fingerprint density at radius 1 is 1.11 bits per heavy atom. The quantitative estimate of drug-likeness (QED) is 0.318. The van der Waals surface area contributed by atoms with E-state index in [0.29, 0.717) is 34.1 Å². The molecule has 37 heavy (non-hydrogen) atoms. The van der Waals surface area contributed by atoms with Crippen molar-refractivity contribution in [3.8, 4) is 11.4 Å². The highest BCUT2D eigenvalue weighted by atomic mass is 19.4. The fourth-order valence-corrected chi connectivity index (χ4v) is 4.58. The van der Waals surface area contributed by atoms with Crippen LogP contribution in [-0.2, 0) is 22.3 Å². The third-order valence-electron chi connectivity index (χ3n) is 6.16. The molecule has 0 radical (unpaired) electrons. The second-order valence-electron chi connectivity index (χ2n) is 8.24. The Balaban J connectivity index is 1.74. The molecule has 0 aliphatic rings. The second kappa shape index (κ2) is 9.15. The summed E-state index contributed by atoms with van der Waals surface area (Å²) in [5.41, 5.74) is 0.175. The van der Waals surface area contributed by atoms with Crippen LogP contribution in [0, 0.1) is 0 Å². The SMILES string of the molecule is CCOC(=O)c1ccn(-c2cnc3c(=C=O)n(Cc4ccc(OC)cc4)c4cccc2c34)c1C(F)(F)F. The van der Waals surface area contributed by atoms with Gasteiger partial charge in [-0.1, -0.05) is 24.3 Å². The molecule has 0 unspecified atom stereocenters. The molecule has 3 aromatic heterocycles. The van der Waals surface area contributed by atoms with Crippen LogP contribution in [0.2, 0.25) is 0 Å². The summed E-state index contributed by atoms with van der Waals surface area (Å²) in [5.74, 6) is 1.57. The molecule has 0 fully saturated rings. The number of nitrogens with zero attached hydrogens (tertiary/aromatic N) is 3. The molecular weight excluding hydrogens is 487 g/mol. The molecule has 0 spiro atoms. The van der Waals surface area contributed by atoms with E-state index in [-0.39, 0.29) is 17.6 Å².